The van der Waals surface area contributed by atoms with Gasteiger partial charge < -0.3 is 28.5 Å². The van der Waals surface area contributed by atoms with Crippen LogP contribution in [0.1, 0.15) is 39.5 Å². The number of unbranched alkanes of at least 4 members (excludes halogenated alkanes) is 2. The Morgan fingerprint density at radius 2 is 0.350 bits per heavy atom. The van der Waals surface area contributed by atoms with E-state index in [1.54, 1.807) is 0 Å². The molecule has 3 aliphatic rings. The number of thioether (sulfide) groups is 6. The number of rotatable bonds is 12. The van der Waals surface area contributed by atoms with E-state index in [0.29, 0.717) is 0 Å². The van der Waals surface area contributed by atoms with Gasteiger partial charge in [0.15, 0.2) is 170 Å². The molecule has 0 atom stereocenters. The molecule has 3 aliphatic heterocycles. The van der Waals surface area contributed by atoms with Crippen molar-refractivity contribution < 1.29 is 134 Å². The van der Waals surface area contributed by atoms with Crippen molar-refractivity contribution in [2.24, 2.45) is 30.9 Å². The van der Waals surface area contributed by atoms with Crippen molar-refractivity contribution in [3.63, 3.8) is 0 Å². The molecule has 3 heterocycles. The van der Waals surface area contributed by atoms with Crippen LogP contribution in [0.4, 0.5) is 105 Å². The molecule has 0 radical (unpaired) electrons. The van der Waals surface area contributed by atoms with Crippen LogP contribution in [0.2, 0.25) is 42.8 Å². The number of oxime groups is 6. The lowest BCUT2D eigenvalue weighted by Gasteiger charge is -2.37. The Balaban J connectivity index is 1.62. The fourth-order valence-electron chi connectivity index (χ4n) is 7.34. The molecule has 0 aliphatic carbocycles. The summed E-state index contributed by atoms with van der Waals surface area (Å²) in [5, 5.41) is -1.50. The van der Waals surface area contributed by atoms with Crippen molar-refractivity contribution >= 4 is 184 Å². The van der Waals surface area contributed by atoms with Gasteiger partial charge in [0.1, 0.15) is 30.1 Å². The topological polar surface area (TPSA) is 130 Å². The molecule has 0 spiro atoms. The Hall–Kier alpha value is -5.57. The molecule has 0 unspecified atom stereocenters. The van der Waals surface area contributed by atoms with Gasteiger partial charge in [-0.05, 0) is 0 Å². The maximum absolute atomic E-state index is 16.1. The van der Waals surface area contributed by atoms with Crippen LogP contribution in [-0.2, 0) is 28.5 Å². The van der Waals surface area contributed by atoms with Crippen molar-refractivity contribution in [3.05, 3.63) is 170 Å². The van der Waals surface area contributed by atoms with E-state index < -0.39 is 339 Å². The Morgan fingerprint density at radius 3 is 0.460 bits per heavy atom. The lowest BCUT2D eigenvalue weighted by molar-refractivity contribution is 0.0632. The second kappa shape index (κ2) is 32.6. The first-order valence-corrected chi connectivity index (χ1v) is 33.1. The van der Waals surface area contributed by atoms with Crippen LogP contribution in [0.25, 0.3) is 0 Å². The number of hydrogen-bond donors (Lipinski definition) is 0. The van der Waals surface area contributed by atoms with E-state index in [0.717, 1.165) is 0 Å². The predicted octanol–water partition coefficient (Wildman–Crippen LogP) is 22.5. The zero-order valence-corrected chi connectivity index (χ0v) is 56.8. The van der Waals surface area contributed by atoms with E-state index in [1.807, 2.05) is 0 Å². The predicted molar refractivity (Wildman–Crippen MR) is 325 cm³/mol. The summed E-state index contributed by atoms with van der Waals surface area (Å²) in [5.74, 6) is -60.3. The number of benzene rings is 6. The lowest BCUT2D eigenvalue weighted by Crippen LogP contribution is -2.44. The van der Waals surface area contributed by atoms with Crippen LogP contribution in [0.15, 0.2) is 60.3 Å². The highest BCUT2D eigenvalue weighted by Crippen LogP contribution is 2.46. The minimum absolute atomic E-state index is 0.351. The zero-order valence-electron chi connectivity index (χ0n) is 47.3. The fourth-order valence-corrected chi connectivity index (χ4v) is 13.6. The normalized spacial score (nSPS) is 18.9. The molecule has 0 aromatic heterocycles. The molecule has 6 aromatic rings. The first-order chi connectivity index (χ1) is 46.9. The highest BCUT2D eigenvalue weighted by molar-refractivity contribution is 8.26. The van der Waals surface area contributed by atoms with Gasteiger partial charge in [0.25, 0.3) is 0 Å². The number of halogens is 30. The average molecular weight is 1680 g/mol. The second-order valence-corrected chi connectivity index (χ2v) is 27.1. The van der Waals surface area contributed by atoms with Gasteiger partial charge >= 0.3 is 13.5 Å². The third-order valence-electron chi connectivity index (χ3n) is 12.4. The summed E-state index contributed by atoms with van der Waals surface area (Å²) in [6.45, 7) is -7.95. The van der Waals surface area contributed by atoms with Crippen LogP contribution >= 0.6 is 140 Å². The largest absolute Gasteiger partial charge is 0.609 e. The smallest absolute Gasteiger partial charge is 0.539 e. The molecular weight excluding hydrogens is 1660 g/mol. The molecule has 12 nitrogen and oxygen atoms in total. The summed E-state index contributed by atoms with van der Waals surface area (Å²) in [7, 11) is 0. The molecule has 0 amide bonds. The molecule has 0 saturated heterocycles. The molecule has 9 rings (SSSR count). The molecule has 0 fully saturated rings. The first-order valence-electron chi connectivity index (χ1n) is 26.0. The Bertz CT molecular complexity index is 3700. The summed E-state index contributed by atoms with van der Waals surface area (Å²) < 4.78 is 411. The summed E-state index contributed by atoms with van der Waals surface area (Å²) in [6, 6.07) is 0. The molecule has 100 heavy (non-hydrogen) atoms. The van der Waals surface area contributed by atoms with E-state index in [1.165, 1.54) is 13.8 Å². The minimum Gasteiger partial charge on any atom is -0.539 e. The molecule has 538 valence electrons. The Labute approximate surface area is 596 Å². The van der Waals surface area contributed by atoms with Gasteiger partial charge in [-0.1, -0.05) is 192 Å². The van der Waals surface area contributed by atoms with Gasteiger partial charge in [0.2, 0.25) is 0 Å². The maximum Gasteiger partial charge on any atom is 0.609 e. The summed E-state index contributed by atoms with van der Waals surface area (Å²) >= 11 is 27.3. The minimum atomic E-state index is -5.19. The maximum atomic E-state index is 16.1. The van der Waals surface area contributed by atoms with Crippen LogP contribution in [0.5, 0.6) is 0 Å². The standard InChI is InChI=1S/C50H18B2Cl6F24N6O6S6/c1-3-5-7-51-89-83-45(95-39-27(71)15(59)9(53)16(60)28(39)72)48(98-42-33(77)21(65)12(56)22(66)34(42)78)86-92-52(8-6-4-2,93-87-49(99-43-35(79)23(67)13(57)24(68)36(43)80)46(84-90-51)96-40-29(73)17(61)10(54)18(62)30(40)74)94-88-50(100-44-37(81)25(69)14(58)26(70)38(44)82)47(85-91-51)97-41-31(75)19(63)11(55)20(64)32(41)76/h3-8H2,1-2H3/q-2/b83-45-,84-46-,85-47-,86-48-,87-49?,88-50?. The molecule has 2 bridgehead atoms. The van der Waals surface area contributed by atoms with E-state index in [4.69, 9.17) is 98.1 Å². The summed E-state index contributed by atoms with van der Waals surface area (Å²) in [4.78, 5) is -12.3. The van der Waals surface area contributed by atoms with Crippen LogP contribution in [-0.4, -0.2) is 43.8 Å². The molecule has 6 aromatic carbocycles. The molecule has 0 N–H and O–H groups in total. The third kappa shape index (κ3) is 15.9. The van der Waals surface area contributed by atoms with Crippen molar-refractivity contribution in [2.45, 2.75) is 81.5 Å². The van der Waals surface area contributed by atoms with Crippen molar-refractivity contribution in [3.8, 4) is 0 Å². The molecule has 0 saturated carbocycles. The van der Waals surface area contributed by atoms with Crippen molar-refractivity contribution in [1.29, 1.82) is 0 Å². The average Bonchev–Trinajstić information content (AvgIpc) is 0.787. The van der Waals surface area contributed by atoms with E-state index in [-0.39, 0.29) is 12.8 Å². The summed E-state index contributed by atoms with van der Waals surface area (Å²) in [6.07, 6.45) is -4.95. The van der Waals surface area contributed by atoms with Crippen LogP contribution in [0, 0.1) is 140 Å². The second-order valence-electron chi connectivity index (χ2n) is 18.9. The highest BCUT2D eigenvalue weighted by atomic mass is 35.5. The van der Waals surface area contributed by atoms with E-state index in [9.17, 15) is 0 Å². The monoisotopic (exact) mass is 1680 g/mol. The SMILES string of the molecule is CCCC[B-]12ON=C(Sc3c(F)c(F)c(Cl)c(F)c3F)/C(Sc3c(F)c(F)c(Cl)c(F)c3F)=N/O[B-](CCCC)(O/N=C(\Sc3c(F)c(F)c(Cl)c(F)c3F)C(Sc3c(F)c(F)c(Cl)c(F)c3F)=NO1)O/N=C(Sc1c(F)c(F)c(Cl)c(F)c1F)/C(Sc1c(F)c(F)c(Cl)c(F)c1F)=N/O2. The van der Waals surface area contributed by atoms with E-state index in [2.05, 4.69) is 30.9 Å². The van der Waals surface area contributed by atoms with E-state index >= 15 is 105 Å². The summed E-state index contributed by atoms with van der Waals surface area (Å²) in [5.41, 5.74) is 0. The molecule has 50 heteroatoms. The van der Waals surface area contributed by atoms with Crippen LogP contribution < -0.4 is 0 Å². The third-order valence-corrected chi connectivity index (χ3v) is 20.9. The highest BCUT2D eigenvalue weighted by Gasteiger charge is 2.45. The van der Waals surface area contributed by atoms with Crippen LogP contribution in [0.3, 0.4) is 0 Å². The van der Waals surface area contributed by atoms with Gasteiger partial charge in [-0.25, -0.2) is 105 Å². The Morgan fingerprint density at radius 1 is 0.230 bits per heavy atom. The van der Waals surface area contributed by atoms with Gasteiger partial charge in [-0.2, -0.15) is 0 Å². The lowest BCUT2D eigenvalue weighted by atomic mass is 9.73. The van der Waals surface area contributed by atoms with Gasteiger partial charge in [0.05, 0.1) is 29.4 Å². The van der Waals surface area contributed by atoms with Gasteiger partial charge in [0, 0.05) is 0 Å². The number of hydrogen-bond acceptors (Lipinski definition) is 18. The zero-order chi connectivity index (χ0) is 74.2. The number of nitrogens with zero attached hydrogens (tertiary/aromatic N) is 6. The first kappa shape index (κ1) is 80.1. The molecular formula is C50H18B2Cl6F24N6O6S6-2. The van der Waals surface area contributed by atoms with Gasteiger partial charge in [-0.3, -0.25) is 0 Å². The quantitative estimate of drug-likeness (QED) is 0.0500. The number of fused-ring (bicyclic) bond motifs is 9. The fraction of sp³-hybridized carbons (Fsp3) is 0.160. The Kier molecular flexibility index (Phi) is 26.1. The van der Waals surface area contributed by atoms with Gasteiger partial charge in [-0.15, -0.1) is 30.9 Å². The van der Waals surface area contributed by atoms with Crippen molar-refractivity contribution in [2.75, 3.05) is 0 Å². The van der Waals surface area contributed by atoms with Crippen molar-refractivity contribution in [1.82, 2.24) is 0 Å².